The minimum absolute atomic E-state index is 0.811. The monoisotopic (exact) mass is 320 g/mol. The first-order valence-electron chi connectivity index (χ1n) is 6.97. The smallest absolute Gasteiger partial charge is 0.401 e. The molecule has 0 N–H and O–H groups in total. The van der Waals surface area contributed by atoms with Gasteiger partial charge >= 0.3 is 7.73 Å². The SMILES string of the molecule is Cc1ccc(C)c2c1Cc1c(C)ccc(C)c1OP(Cl)O2. The highest BCUT2D eigenvalue weighted by molar-refractivity contribution is 7.76. The van der Waals surface area contributed by atoms with Gasteiger partial charge in [0.05, 0.1) is 0 Å². The van der Waals surface area contributed by atoms with Crippen LogP contribution in [0.4, 0.5) is 0 Å². The molecule has 21 heavy (non-hydrogen) atoms. The lowest BCUT2D eigenvalue weighted by Crippen LogP contribution is -2.07. The van der Waals surface area contributed by atoms with E-state index in [1.165, 1.54) is 22.3 Å². The average molecular weight is 321 g/mol. The third-order valence-electron chi connectivity index (χ3n) is 4.06. The van der Waals surface area contributed by atoms with E-state index in [4.69, 9.17) is 20.3 Å². The van der Waals surface area contributed by atoms with Gasteiger partial charge in [-0.2, -0.15) is 0 Å². The summed E-state index contributed by atoms with van der Waals surface area (Å²) in [7, 11) is -1.49. The summed E-state index contributed by atoms with van der Waals surface area (Å²) in [4.78, 5) is 0. The number of hydrogen-bond donors (Lipinski definition) is 0. The molecule has 1 heterocycles. The van der Waals surface area contributed by atoms with Crippen molar-refractivity contribution in [2.24, 2.45) is 0 Å². The zero-order valence-electron chi connectivity index (χ0n) is 12.7. The number of hydrogen-bond acceptors (Lipinski definition) is 2. The van der Waals surface area contributed by atoms with Gasteiger partial charge in [-0.25, -0.2) is 0 Å². The molecule has 0 bridgehead atoms. The molecule has 1 aliphatic rings. The Balaban J connectivity index is 2.24. The van der Waals surface area contributed by atoms with Crippen LogP contribution in [0.15, 0.2) is 24.3 Å². The van der Waals surface area contributed by atoms with Crippen molar-refractivity contribution in [3.05, 3.63) is 57.6 Å². The Bertz CT molecular complexity index is 653. The minimum atomic E-state index is -1.49. The Hall–Kier alpha value is -1.24. The Kier molecular flexibility index (Phi) is 3.86. The van der Waals surface area contributed by atoms with Gasteiger partial charge in [0.1, 0.15) is 11.5 Å². The van der Waals surface area contributed by atoms with Crippen molar-refractivity contribution >= 4 is 19.0 Å². The number of halogens is 1. The summed E-state index contributed by atoms with van der Waals surface area (Å²) in [6.07, 6.45) is 0.811. The van der Waals surface area contributed by atoms with Gasteiger partial charge in [0.2, 0.25) is 0 Å². The second-order valence-electron chi connectivity index (χ2n) is 5.59. The van der Waals surface area contributed by atoms with E-state index < -0.39 is 7.73 Å². The van der Waals surface area contributed by atoms with Gasteiger partial charge in [0.25, 0.3) is 0 Å². The van der Waals surface area contributed by atoms with Crippen LogP contribution >= 0.6 is 19.0 Å². The topological polar surface area (TPSA) is 18.5 Å². The number of aryl methyl sites for hydroxylation is 4. The predicted molar refractivity (Wildman–Crippen MR) is 88.7 cm³/mol. The van der Waals surface area contributed by atoms with Crippen LogP contribution < -0.4 is 9.05 Å². The lowest BCUT2D eigenvalue weighted by atomic mass is 9.93. The zero-order chi connectivity index (χ0) is 15.1. The van der Waals surface area contributed by atoms with Crippen LogP contribution in [-0.4, -0.2) is 0 Å². The average Bonchev–Trinajstić information content (AvgIpc) is 2.42. The summed E-state index contributed by atoms with van der Waals surface area (Å²) >= 11 is 6.32. The molecule has 0 fully saturated rings. The van der Waals surface area contributed by atoms with Crippen molar-refractivity contribution < 1.29 is 9.05 Å². The van der Waals surface area contributed by atoms with Gasteiger partial charge in [0, 0.05) is 17.5 Å². The van der Waals surface area contributed by atoms with Gasteiger partial charge in [-0.15, -0.1) is 0 Å². The van der Waals surface area contributed by atoms with Gasteiger partial charge in [-0.3, -0.25) is 0 Å². The van der Waals surface area contributed by atoms with Gasteiger partial charge in [-0.05, 0) is 61.2 Å². The Morgan fingerprint density at radius 3 is 1.57 bits per heavy atom. The van der Waals surface area contributed by atoms with Crippen LogP contribution in [0.5, 0.6) is 11.5 Å². The first-order valence-corrected chi connectivity index (χ1v) is 9.05. The fourth-order valence-corrected chi connectivity index (χ4v) is 3.97. The Morgan fingerprint density at radius 2 is 1.14 bits per heavy atom. The van der Waals surface area contributed by atoms with Crippen LogP contribution in [0.25, 0.3) is 0 Å². The van der Waals surface area contributed by atoms with E-state index in [0.29, 0.717) is 0 Å². The molecule has 0 atom stereocenters. The molecule has 0 aromatic heterocycles. The van der Waals surface area contributed by atoms with E-state index in [0.717, 1.165) is 29.0 Å². The number of rotatable bonds is 0. The molecule has 2 aromatic carbocycles. The van der Waals surface area contributed by atoms with E-state index >= 15 is 0 Å². The zero-order valence-corrected chi connectivity index (χ0v) is 14.3. The summed E-state index contributed by atoms with van der Waals surface area (Å²) < 4.78 is 11.8. The van der Waals surface area contributed by atoms with Crippen LogP contribution in [0.3, 0.4) is 0 Å². The van der Waals surface area contributed by atoms with E-state index in [1.807, 2.05) is 13.8 Å². The molecule has 110 valence electrons. The molecule has 0 spiro atoms. The van der Waals surface area contributed by atoms with E-state index in [-0.39, 0.29) is 0 Å². The molecule has 0 aliphatic carbocycles. The highest BCUT2D eigenvalue weighted by atomic mass is 35.7. The van der Waals surface area contributed by atoms with Crippen LogP contribution in [0, 0.1) is 27.7 Å². The summed E-state index contributed by atoms with van der Waals surface area (Å²) in [5.41, 5.74) is 7.07. The fraction of sp³-hybridized carbons (Fsp3) is 0.294. The standard InChI is InChI=1S/C17H18ClO2P/c1-10-5-7-12(3)16-14(10)9-15-11(2)6-8-13(4)17(15)20-21(18)19-16/h5-8H,9H2,1-4H3. The van der Waals surface area contributed by atoms with E-state index in [1.54, 1.807) is 0 Å². The first-order chi connectivity index (χ1) is 9.97. The molecule has 0 unspecified atom stereocenters. The van der Waals surface area contributed by atoms with Crippen LogP contribution in [0.2, 0.25) is 0 Å². The van der Waals surface area contributed by atoms with Crippen molar-refractivity contribution in [1.82, 2.24) is 0 Å². The second kappa shape index (κ2) is 5.51. The quantitative estimate of drug-likeness (QED) is 0.575. The Morgan fingerprint density at radius 1 is 0.762 bits per heavy atom. The summed E-state index contributed by atoms with van der Waals surface area (Å²) in [5.74, 6) is 1.75. The van der Waals surface area contributed by atoms with Gasteiger partial charge in [0.15, 0.2) is 0 Å². The third kappa shape index (κ3) is 2.63. The second-order valence-corrected chi connectivity index (χ2v) is 7.20. The van der Waals surface area contributed by atoms with Crippen molar-refractivity contribution in [1.29, 1.82) is 0 Å². The van der Waals surface area contributed by atoms with E-state index in [2.05, 4.69) is 38.1 Å². The predicted octanol–water partition coefficient (Wildman–Crippen LogP) is 5.75. The highest BCUT2D eigenvalue weighted by Gasteiger charge is 2.25. The number of benzene rings is 2. The lowest BCUT2D eigenvalue weighted by molar-refractivity contribution is 0.489. The normalized spacial score (nSPS) is 14.3. The molecule has 2 nitrogen and oxygen atoms in total. The molecular formula is C17H18ClO2P. The largest absolute Gasteiger partial charge is 0.427 e. The van der Waals surface area contributed by atoms with Crippen molar-refractivity contribution in [2.45, 2.75) is 34.1 Å². The molecule has 0 saturated carbocycles. The molecule has 2 aromatic rings. The fourth-order valence-electron chi connectivity index (χ4n) is 2.72. The highest BCUT2D eigenvalue weighted by Crippen LogP contribution is 2.51. The molecule has 0 radical (unpaired) electrons. The van der Waals surface area contributed by atoms with Crippen LogP contribution in [0.1, 0.15) is 33.4 Å². The molecule has 1 aliphatic heterocycles. The van der Waals surface area contributed by atoms with Crippen LogP contribution in [-0.2, 0) is 6.42 Å². The molecule has 4 heteroatoms. The first kappa shape index (κ1) is 14.7. The Labute approximate surface area is 131 Å². The molecule has 0 saturated heterocycles. The van der Waals surface area contributed by atoms with Crippen molar-refractivity contribution in [3.63, 3.8) is 0 Å². The van der Waals surface area contributed by atoms with Crippen molar-refractivity contribution in [3.8, 4) is 11.5 Å². The lowest BCUT2D eigenvalue weighted by Gasteiger charge is -2.25. The van der Waals surface area contributed by atoms with Gasteiger partial charge < -0.3 is 9.05 Å². The van der Waals surface area contributed by atoms with Gasteiger partial charge in [-0.1, -0.05) is 24.3 Å². The molecule has 3 rings (SSSR count). The van der Waals surface area contributed by atoms with Crippen molar-refractivity contribution in [2.75, 3.05) is 0 Å². The molecular weight excluding hydrogens is 303 g/mol. The number of fused-ring (bicyclic) bond motifs is 2. The maximum Gasteiger partial charge on any atom is 0.401 e. The third-order valence-corrected chi connectivity index (χ3v) is 5.13. The summed E-state index contributed by atoms with van der Waals surface area (Å²) in [5, 5.41) is 0. The summed E-state index contributed by atoms with van der Waals surface area (Å²) in [6.45, 7) is 8.32. The maximum atomic E-state index is 6.32. The molecule has 0 amide bonds. The minimum Gasteiger partial charge on any atom is -0.427 e. The maximum absolute atomic E-state index is 6.32. The van der Waals surface area contributed by atoms with E-state index in [9.17, 15) is 0 Å². The summed E-state index contributed by atoms with van der Waals surface area (Å²) in [6, 6.07) is 8.42.